The molecule has 2 heteroatoms. The van der Waals surface area contributed by atoms with Crippen LogP contribution in [0.3, 0.4) is 0 Å². The number of likely N-dealkylation sites (tertiary alicyclic amines) is 1. The van der Waals surface area contributed by atoms with Gasteiger partial charge in [-0.05, 0) is 56.9 Å². The largest absolute Gasteiger partial charge is 0.320 e. The van der Waals surface area contributed by atoms with Crippen LogP contribution >= 0.6 is 0 Å². The van der Waals surface area contributed by atoms with Crippen molar-refractivity contribution in [3.63, 3.8) is 0 Å². The lowest BCUT2D eigenvalue weighted by Crippen LogP contribution is -2.40. The molecule has 106 valence electrons. The van der Waals surface area contributed by atoms with Crippen molar-refractivity contribution in [3.05, 3.63) is 35.4 Å². The smallest absolute Gasteiger partial charge is 0.0236 e. The molecular weight excluding hydrogens is 232 g/mol. The molecule has 1 saturated heterocycles. The van der Waals surface area contributed by atoms with Crippen molar-refractivity contribution < 1.29 is 0 Å². The Morgan fingerprint density at radius 3 is 2.58 bits per heavy atom. The van der Waals surface area contributed by atoms with Gasteiger partial charge in [-0.15, -0.1) is 0 Å². The first-order valence-corrected chi connectivity index (χ1v) is 7.80. The van der Waals surface area contributed by atoms with E-state index in [0.717, 1.165) is 25.6 Å². The van der Waals surface area contributed by atoms with Crippen molar-refractivity contribution in [2.24, 2.45) is 0 Å². The van der Waals surface area contributed by atoms with Crippen LogP contribution in [0.1, 0.15) is 43.7 Å². The lowest BCUT2D eigenvalue weighted by Gasteiger charge is -2.36. The normalized spacial score (nSPS) is 20.6. The second-order valence-corrected chi connectivity index (χ2v) is 5.68. The lowest BCUT2D eigenvalue weighted by molar-refractivity contribution is 0.132. The second-order valence-electron chi connectivity index (χ2n) is 5.68. The molecule has 1 aliphatic rings. The molecule has 1 unspecified atom stereocenters. The summed E-state index contributed by atoms with van der Waals surface area (Å²) in [6.07, 6.45) is 6.55. The van der Waals surface area contributed by atoms with Gasteiger partial charge in [-0.25, -0.2) is 0 Å². The summed E-state index contributed by atoms with van der Waals surface area (Å²) in [5.41, 5.74) is 2.91. The fraction of sp³-hybridized carbons (Fsp3) is 0.647. The van der Waals surface area contributed by atoms with Crippen LogP contribution in [0.2, 0.25) is 0 Å². The molecule has 0 radical (unpaired) electrons. The first kappa shape index (κ1) is 14.5. The molecule has 0 bridgehead atoms. The summed E-state index contributed by atoms with van der Waals surface area (Å²) in [6, 6.07) is 9.95. The Bertz CT molecular complexity index is 358. The van der Waals surface area contributed by atoms with E-state index in [1.54, 1.807) is 0 Å². The van der Waals surface area contributed by atoms with Gasteiger partial charge in [-0.1, -0.05) is 37.6 Å². The summed E-state index contributed by atoms with van der Waals surface area (Å²) in [4.78, 5) is 2.68. The Hall–Kier alpha value is -0.860. The van der Waals surface area contributed by atoms with Gasteiger partial charge < -0.3 is 5.32 Å². The average molecular weight is 260 g/mol. The van der Waals surface area contributed by atoms with E-state index in [1.807, 2.05) is 0 Å². The van der Waals surface area contributed by atoms with E-state index in [2.05, 4.69) is 48.5 Å². The summed E-state index contributed by atoms with van der Waals surface area (Å²) < 4.78 is 0. The average Bonchev–Trinajstić information content (AvgIpc) is 2.47. The maximum Gasteiger partial charge on any atom is 0.0236 e. The first-order chi connectivity index (χ1) is 9.33. The van der Waals surface area contributed by atoms with E-state index in [1.165, 1.54) is 43.4 Å². The van der Waals surface area contributed by atoms with E-state index in [4.69, 9.17) is 0 Å². The van der Waals surface area contributed by atoms with Gasteiger partial charge in [0.1, 0.15) is 0 Å². The van der Waals surface area contributed by atoms with Gasteiger partial charge in [0.15, 0.2) is 0 Å². The maximum absolute atomic E-state index is 3.29. The van der Waals surface area contributed by atoms with Crippen LogP contribution in [0, 0.1) is 0 Å². The third-order valence-corrected chi connectivity index (χ3v) is 4.29. The molecule has 0 amide bonds. The Kier molecular flexibility index (Phi) is 5.87. The zero-order valence-electron chi connectivity index (χ0n) is 12.5. The van der Waals surface area contributed by atoms with Crippen molar-refractivity contribution in [2.45, 2.75) is 51.6 Å². The molecule has 1 aromatic rings. The van der Waals surface area contributed by atoms with Crippen LogP contribution in [-0.4, -0.2) is 31.1 Å². The predicted octanol–water partition coefficient (Wildman–Crippen LogP) is 3.21. The first-order valence-electron chi connectivity index (χ1n) is 7.80. The molecule has 1 aromatic carbocycles. The molecule has 2 nitrogen and oxygen atoms in total. The van der Waals surface area contributed by atoms with Crippen molar-refractivity contribution in [3.8, 4) is 0 Å². The SMILES string of the molecule is CCc1ccc(CN2CCCCC2CCNC)cc1. The van der Waals surface area contributed by atoms with Crippen LogP contribution in [0.25, 0.3) is 0 Å². The van der Waals surface area contributed by atoms with E-state index >= 15 is 0 Å². The molecule has 1 fully saturated rings. The van der Waals surface area contributed by atoms with Gasteiger partial charge in [0, 0.05) is 12.6 Å². The Labute approximate surface area is 118 Å². The van der Waals surface area contributed by atoms with Gasteiger partial charge in [-0.3, -0.25) is 4.90 Å². The summed E-state index contributed by atoms with van der Waals surface area (Å²) in [6.45, 7) is 5.74. The Balaban J connectivity index is 1.93. The maximum atomic E-state index is 3.29. The van der Waals surface area contributed by atoms with Gasteiger partial charge >= 0.3 is 0 Å². The molecule has 0 aliphatic carbocycles. The fourth-order valence-corrected chi connectivity index (χ4v) is 3.02. The van der Waals surface area contributed by atoms with E-state index < -0.39 is 0 Å². The minimum atomic E-state index is 0.770. The van der Waals surface area contributed by atoms with Crippen molar-refractivity contribution in [1.29, 1.82) is 0 Å². The summed E-state index contributed by atoms with van der Waals surface area (Å²) in [7, 11) is 2.05. The highest BCUT2D eigenvalue weighted by Gasteiger charge is 2.21. The van der Waals surface area contributed by atoms with E-state index in [9.17, 15) is 0 Å². The highest BCUT2D eigenvalue weighted by Crippen LogP contribution is 2.21. The predicted molar refractivity (Wildman–Crippen MR) is 82.4 cm³/mol. The van der Waals surface area contributed by atoms with Crippen LogP contribution in [0.15, 0.2) is 24.3 Å². The van der Waals surface area contributed by atoms with Crippen molar-refractivity contribution >= 4 is 0 Å². The number of piperidine rings is 1. The number of nitrogens with zero attached hydrogens (tertiary/aromatic N) is 1. The molecule has 1 N–H and O–H groups in total. The van der Waals surface area contributed by atoms with Gasteiger partial charge in [0.25, 0.3) is 0 Å². The highest BCUT2D eigenvalue weighted by atomic mass is 15.2. The number of rotatable bonds is 6. The number of hydrogen-bond donors (Lipinski definition) is 1. The summed E-state index contributed by atoms with van der Waals surface area (Å²) in [5, 5.41) is 3.29. The van der Waals surface area contributed by atoms with Gasteiger partial charge in [0.2, 0.25) is 0 Å². The summed E-state index contributed by atoms with van der Waals surface area (Å²) >= 11 is 0. The monoisotopic (exact) mass is 260 g/mol. The quantitative estimate of drug-likeness (QED) is 0.845. The van der Waals surface area contributed by atoms with Crippen LogP contribution in [0.5, 0.6) is 0 Å². The molecule has 1 heterocycles. The minimum Gasteiger partial charge on any atom is -0.320 e. The van der Waals surface area contributed by atoms with E-state index in [0.29, 0.717) is 0 Å². The Morgan fingerprint density at radius 2 is 1.89 bits per heavy atom. The topological polar surface area (TPSA) is 15.3 Å². The molecule has 0 saturated carbocycles. The highest BCUT2D eigenvalue weighted by molar-refractivity contribution is 5.22. The third-order valence-electron chi connectivity index (χ3n) is 4.29. The van der Waals surface area contributed by atoms with Crippen LogP contribution < -0.4 is 5.32 Å². The van der Waals surface area contributed by atoms with Crippen molar-refractivity contribution in [2.75, 3.05) is 20.1 Å². The fourth-order valence-electron chi connectivity index (χ4n) is 3.02. The standard InChI is InChI=1S/C17H28N2/c1-3-15-7-9-16(10-8-15)14-19-13-5-4-6-17(19)11-12-18-2/h7-10,17-18H,3-6,11-14H2,1-2H3. The molecule has 1 atom stereocenters. The number of nitrogens with one attached hydrogen (secondary N) is 1. The lowest BCUT2D eigenvalue weighted by atomic mass is 9.98. The zero-order chi connectivity index (χ0) is 13.5. The molecule has 0 spiro atoms. The van der Waals surface area contributed by atoms with Gasteiger partial charge in [0.05, 0.1) is 0 Å². The molecule has 2 rings (SSSR count). The van der Waals surface area contributed by atoms with Crippen LogP contribution in [-0.2, 0) is 13.0 Å². The number of hydrogen-bond acceptors (Lipinski definition) is 2. The molecule has 19 heavy (non-hydrogen) atoms. The number of benzene rings is 1. The Morgan fingerprint density at radius 1 is 1.16 bits per heavy atom. The molecular formula is C17H28N2. The molecule has 1 aliphatic heterocycles. The summed E-state index contributed by atoms with van der Waals surface area (Å²) in [5.74, 6) is 0. The van der Waals surface area contributed by atoms with Crippen LogP contribution in [0.4, 0.5) is 0 Å². The number of aryl methyl sites for hydroxylation is 1. The van der Waals surface area contributed by atoms with Crippen molar-refractivity contribution in [1.82, 2.24) is 10.2 Å². The third kappa shape index (κ3) is 4.32. The molecule has 0 aromatic heterocycles. The van der Waals surface area contributed by atoms with Gasteiger partial charge in [-0.2, -0.15) is 0 Å². The second kappa shape index (κ2) is 7.66. The van der Waals surface area contributed by atoms with E-state index in [-0.39, 0.29) is 0 Å². The zero-order valence-corrected chi connectivity index (χ0v) is 12.5. The minimum absolute atomic E-state index is 0.770.